The van der Waals surface area contributed by atoms with Gasteiger partial charge < -0.3 is 39.2 Å². The van der Waals surface area contributed by atoms with Gasteiger partial charge in [-0.2, -0.15) is 0 Å². The number of rotatable bonds is 11. The number of pyridine rings is 1. The molecule has 3 amide bonds. The molecule has 2 aromatic rings. The largest absolute Gasteiger partial charge is 0.462 e. The molecular formula is C34H48N6O7. The van der Waals surface area contributed by atoms with Crippen molar-refractivity contribution in [1.82, 2.24) is 19.8 Å². The number of likely N-dealkylation sites (N-methyl/N-ethyl adjacent to an activating group) is 1. The number of amides is 3. The molecule has 0 radical (unpaired) electrons. The van der Waals surface area contributed by atoms with E-state index in [2.05, 4.69) is 15.2 Å². The average Bonchev–Trinajstić information content (AvgIpc) is 3.65. The fourth-order valence-electron chi connectivity index (χ4n) is 5.01. The molecule has 1 aliphatic carbocycles. The number of hydrogen-bond donors (Lipinski definition) is 2. The van der Waals surface area contributed by atoms with E-state index in [0.29, 0.717) is 47.1 Å². The molecule has 0 spiro atoms. The lowest BCUT2D eigenvalue weighted by molar-refractivity contribution is -0.110. The van der Waals surface area contributed by atoms with E-state index in [1.54, 1.807) is 51.8 Å². The van der Waals surface area contributed by atoms with E-state index in [4.69, 9.17) is 19.2 Å². The van der Waals surface area contributed by atoms with Crippen LogP contribution in [0.15, 0.2) is 18.2 Å². The van der Waals surface area contributed by atoms with Crippen molar-refractivity contribution in [3.63, 3.8) is 0 Å². The van der Waals surface area contributed by atoms with Gasteiger partial charge in [-0.1, -0.05) is 0 Å². The summed E-state index contributed by atoms with van der Waals surface area (Å²) in [6.45, 7) is 15.9. The van der Waals surface area contributed by atoms with Crippen molar-refractivity contribution in [2.24, 2.45) is 0 Å². The number of H-pyrrole nitrogens is 1. The number of fused-ring (bicyclic) bond motifs is 1. The smallest absolute Gasteiger partial charge is 0.410 e. The highest BCUT2D eigenvalue weighted by Gasteiger charge is 2.34. The monoisotopic (exact) mass is 652 g/mol. The van der Waals surface area contributed by atoms with Gasteiger partial charge in [-0.25, -0.2) is 19.4 Å². The molecule has 0 bridgehead atoms. The number of carbonyl (C=O) groups excluding carboxylic acids is 4. The number of nitrogens with one attached hydrogen (secondary N) is 2. The topological polar surface area (TPSA) is 146 Å². The first kappa shape index (κ1) is 35.3. The van der Waals surface area contributed by atoms with E-state index in [0.717, 1.165) is 18.5 Å². The molecule has 13 nitrogen and oxygen atoms in total. The normalized spacial score (nSPS) is 15.2. The molecule has 1 fully saturated rings. The fourth-order valence-corrected chi connectivity index (χ4v) is 5.01. The highest BCUT2D eigenvalue weighted by atomic mass is 16.6. The number of esters is 1. The third-order valence-corrected chi connectivity index (χ3v) is 7.35. The van der Waals surface area contributed by atoms with Gasteiger partial charge in [-0.15, -0.1) is 0 Å². The lowest BCUT2D eigenvalue weighted by Crippen LogP contribution is -2.46. The Labute approximate surface area is 276 Å². The molecule has 256 valence electrons. The summed E-state index contributed by atoms with van der Waals surface area (Å²) in [5, 5.41) is 2.87. The van der Waals surface area contributed by atoms with Crippen LogP contribution in [0.5, 0.6) is 0 Å². The second-order valence-electron chi connectivity index (χ2n) is 13.9. The van der Waals surface area contributed by atoms with E-state index in [1.807, 2.05) is 39.8 Å². The molecule has 0 aromatic carbocycles. The molecule has 2 aliphatic rings. The second kappa shape index (κ2) is 14.1. The van der Waals surface area contributed by atoms with Gasteiger partial charge >= 0.3 is 18.2 Å². The van der Waals surface area contributed by atoms with Gasteiger partial charge in [0, 0.05) is 45.0 Å². The quantitative estimate of drug-likeness (QED) is 0.184. The van der Waals surface area contributed by atoms with Gasteiger partial charge in [-0.3, -0.25) is 4.79 Å². The van der Waals surface area contributed by atoms with Crippen LogP contribution in [0.4, 0.5) is 21.1 Å². The Balaban J connectivity index is 1.56. The van der Waals surface area contributed by atoms with Crippen molar-refractivity contribution in [3.8, 4) is 0 Å². The van der Waals surface area contributed by atoms with E-state index >= 15 is 0 Å². The SMILES string of the molecule is CCOC(=O)c1cc(C)[nH]c1/C=C1\C(=O)Nc2ccc(N(CCN(CCN(C)C(=O)OC(C)(C)C)C(=O)OC(C)(C)C)C3CC3)nc21. The molecule has 2 N–H and O–H groups in total. The van der Waals surface area contributed by atoms with Crippen LogP contribution < -0.4 is 10.2 Å². The first-order valence-electron chi connectivity index (χ1n) is 16.1. The van der Waals surface area contributed by atoms with Crippen molar-refractivity contribution in [2.75, 3.05) is 50.1 Å². The van der Waals surface area contributed by atoms with E-state index in [-0.39, 0.29) is 31.6 Å². The zero-order chi connectivity index (χ0) is 34.7. The molecule has 13 heteroatoms. The van der Waals surface area contributed by atoms with E-state index in [1.165, 1.54) is 4.90 Å². The molecule has 0 unspecified atom stereocenters. The van der Waals surface area contributed by atoms with Crippen molar-refractivity contribution < 1.29 is 33.4 Å². The number of carbonyl (C=O) groups is 4. The lowest BCUT2D eigenvalue weighted by atomic mass is 10.1. The number of nitrogens with zero attached hydrogens (tertiary/aromatic N) is 4. The Hall–Kier alpha value is -4.55. The maximum Gasteiger partial charge on any atom is 0.410 e. The zero-order valence-corrected chi connectivity index (χ0v) is 29.0. The van der Waals surface area contributed by atoms with Crippen LogP contribution >= 0.6 is 0 Å². The predicted molar refractivity (Wildman–Crippen MR) is 179 cm³/mol. The summed E-state index contributed by atoms with van der Waals surface area (Å²) in [5.74, 6) is -0.136. The number of aromatic amines is 1. The highest BCUT2D eigenvalue weighted by Crippen LogP contribution is 2.37. The van der Waals surface area contributed by atoms with Crippen LogP contribution in [0.2, 0.25) is 0 Å². The minimum atomic E-state index is -0.697. The molecular weight excluding hydrogens is 604 g/mol. The average molecular weight is 653 g/mol. The first-order valence-corrected chi connectivity index (χ1v) is 16.1. The fraction of sp³-hybridized carbons (Fsp3) is 0.559. The minimum absolute atomic E-state index is 0.226. The maximum atomic E-state index is 13.3. The van der Waals surface area contributed by atoms with Crippen molar-refractivity contribution in [2.45, 2.75) is 85.5 Å². The van der Waals surface area contributed by atoms with E-state index in [9.17, 15) is 19.2 Å². The summed E-state index contributed by atoms with van der Waals surface area (Å²) < 4.78 is 16.4. The van der Waals surface area contributed by atoms with Crippen LogP contribution in [0.25, 0.3) is 11.6 Å². The number of aromatic nitrogens is 2. The number of ether oxygens (including phenoxy) is 3. The summed E-state index contributed by atoms with van der Waals surface area (Å²) in [5.41, 5.74) is 1.60. The number of aryl methyl sites for hydroxylation is 1. The highest BCUT2D eigenvalue weighted by molar-refractivity contribution is 6.34. The van der Waals surface area contributed by atoms with Crippen molar-refractivity contribution in [3.05, 3.63) is 40.8 Å². The van der Waals surface area contributed by atoms with E-state index < -0.39 is 29.4 Å². The van der Waals surface area contributed by atoms with Gasteiger partial charge in [-0.05, 0) is 92.5 Å². The molecule has 0 saturated heterocycles. The Morgan fingerprint density at radius 1 is 0.979 bits per heavy atom. The molecule has 1 aliphatic heterocycles. The van der Waals surface area contributed by atoms with Gasteiger partial charge in [0.25, 0.3) is 5.91 Å². The zero-order valence-electron chi connectivity index (χ0n) is 29.0. The van der Waals surface area contributed by atoms with Crippen LogP contribution in [-0.2, 0) is 19.0 Å². The van der Waals surface area contributed by atoms with Crippen molar-refractivity contribution in [1.29, 1.82) is 0 Å². The Morgan fingerprint density at radius 2 is 1.62 bits per heavy atom. The van der Waals surface area contributed by atoms with Gasteiger partial charge in [0.1, 0.15) is 22.7 Å². The lowest BCUT2D eigenvalue weighted by Gasteiger charge is -2.32. The van der Waals surface area contributed by atoms with Crippen LogP contribution in [0, 0.1) is 6.92 Å². The van der Waals surface area contributed by atoms with Gasteiger partial charge in [0.2, 0.25) is 0 Å². The van der Waals surface area contributed by atoms with Crippen LogP contribution in [0.1, 0.15) is 88.7 Å². The first-order chi connectivity index (χ1) is 22.0. The molecule has 4 rings (SSSR count). The number of hydrogen-bond acceptors (Lipinski definition) is 9. The Bertz CT molecular complexity index is 1530. The molecule has 2 aromatic heterocycles. The Kier molecular flexibility index (Phi) is 10.6. The van der Waals surface area contributed by atoms with Crippen molar-refractivity contribution >= 4 is 47.2 Å². The third-order valence-electron chi connectivity index (χ3n) is 7.35. The predicted octanol–water partition coefficient (Wildman–Crippen LogP) is 5.46. The summed E-state index contributed by atoms with van der Waals surface area (Å²) in [7, 11) is 1.64. The summed E-state index contributed by atoms with van der Waals surface area (Å²) in [6, 6.07) is 5.60. The second-order valence-corrected chi connectivity index (χ2v) is 13.9. The summed E-state index contributed by atoms with van der Waals surface area (Å²) in [6.07, 6.45) is 2.61. The van der Waals surface area contributed by atoms with Crippen LogP contribution in [0.3, 0.4) is 0 Å². The minimum Gasteiger partial charge on any atom is -0.462 e. The summed E-state index contributed by atoms with van der Waals surface area (Å²) >= 11 is 0. The molecule has 47 heavy (non-hydrogen) atoms. The third kappa shape index (κ3) is 9.49. The van der Waals surface area contributed by atoms with Gasteiger partial charge in [0.05, 0.1) is 29.1 Å². The number of anilines is 2. The maximum absolute atomic E-state index is 13.3. The molecule has 3 heterocycles. The van der Waals surface area contributed by atoms with Gasteiger partial charge in [0.15, 0.2) is 0 Å². The Morgan fingerprint density at radius 3 is 2.23 bits per heavy atom. The van der Waals surface area contributed by atoms with Crippen LogP contribution in [-0.4, -0.2) is 101 Å². The summed E-state index contributed by atoms with van der Waals surface area (Å²) in [4.78, 5) is 64.7. The standard InChI is InChI=1S/C34H48N6O7/c1-10-45-30(42)23-19-21(2)35-26(23)20-24-28-25(36-29(24)41)13-14-27(37-28)40(22-11-12-22)18-17-39(32(44)47-34(6,7)8)16-15-38(9)31(43)46-33(3,4)5/h13-14,19-20,22,35H,10-12,15-18H2,1-9H3,(H,36,41)/b24-20-. The molecule has 1 saturated carbocycles. The molecule has 0 atom stereocenters.